The molecule has 1 aliphatic rings. The van der Waals surface area contributed by atoms with Gasteiger partial charge in [-0.2, -0.15) is 0 Å². The molecular formula is C20H22N2O4S. The van der Waals surface area contributed by atoms with Crippen LogP contribution >= 0.6 is 11.8 Å². The number of morpholine rings is 1. The van der Waals surface area contributed by atoms with Crippen molar-refractivity contribution in [1.82, 2.24) is 10.4 Å². The second-order valence-electron chi connectivity index (χ2n) is 6.23. The standard InChI is InChI=1S/C20H22N2O4S/c23-18(24)20(16-7-3-1-4-8-16,17-9-5-2-6-10-17)15-27-19(25)21-22-11-13-26-14-12-22/h1-10H,11-15H2,(H,21,25)(H,23,24). The van der Waals surface area contributed by atoms with Crippen LogP contribution in [-0.4, -0.2) is 53.4 Å². The number of hydrogen-bond acceptors (Lipinski definition) is 5. The highest BCUT2D eigenvalue weighted by Gasteiger charge is 2.43. The molecule has 0 radical (unpaired) electrons. The van der Waals surface area contributed by atoms with Crippen LogP contribution < -0.4 is 5.43 Å². The molecule has 1 heterocycles. The Morgan fingerprint density at radius 1 is 1.00 bits per heavy atom. The van der Waals surface area contributed by atoms with Crippen LogP contribution in [0, 0.1) is 0 Å². The summed E-state index contributed by atoms with van der Waals surface area (Å²) in [6, 6.07) is 18.1. The van der Waals surface area contributed by atoms with Gasteiger partial charge in [0.1, 0.15) is 5.41 Å². The highest BCUT2D eigenvalue weighted by Crippen LogP contribution is 2.36. The smallest absolute Gasteiger partial charge is 0.319 e. The van der Waals surface area contributed by atoms with Crippen LogP contribution in [0.2, 0.25) is 0 Å². The van der Waals surface area contributed by atoms with Crippen LogP contribution in [0.15, 0.2) is 60.7 Å². The van der Waals surface area contributed by atoms with Crippen LogP contribution in [0.25, 0.3) is 0 Å². The Balaban J connectivity index is 1.84. The van der Waals surface area contributed by atoms with Gasteiger partial charge in [0.05, 0.1) is 13.2 Å². The maximum absolute atomic E-state index is 12.5. The molecule has 6 nitrogen and oxygen atoms in total. The molecule has 7 heteroatoms. The largest absolute Gasteiger partial charge is 0.480 e. The van der Waals surface area contributed by atoms with E-state index in [2.05, 4.69) is 5.43 Å². The predicted octanol–water partition coefficient (Wildman–Crippen LogP) is 2.75. The topological polar surface area (TPSA) is 78.9 Å². The molecule has 3 rings (SSSR count). The number of amides is 1. The number of aliphatic carboxylic acids is 1. The summed E-state index contributed by atoms with van der Waals surface area (Å²) in [5.41, 5.74) is 2.80. The number of benzene rings is 2. The first kappa shape index (κ1) is 19.4. The minimum Gasteiger partial charge on any atom is -0.480 e. The van der Waals surface area contributed by atoms with Crippen molar-refractivity contribution in [3.8, 4) is 0 Å². The van der Waals surface area contributed by atoms with Gasteiger partial charge in [-0.05, 0) is 11.1 Å². The fourth-order valence-corrected chi connectivity index (χ4v) is 4.10. The van der Waals surface area contributed by atoms with Crippen molar-refractivity contribution in [2.24, 2.45) is 0 Å². The van der Waals surface area contributed by atoms with E-state index in [0.717, 1.165) is 11.8 Å². The van der Waals surface area contributed by atoms with E-state index in [1.54, 1.807) is 29.3 Å². The normalized spacial score (nSPS) is 15.3. The van der Waals surface area contributed by atoms with Gasteiger partial charge >= 0.3 is 5.97 Å². The maximum Gasteiger partial charge on any atom is 0.319 e. The van der Waals surface area contributed by atoms with E-state index in [1.165, 1.54) is 0 Å². The zero-order valence-corrected chi connectivity index (χ0v) is 15.7. The summed E-state index contributed by atoms with van der Waals surface area (Å²) in [4.78, 5) is 24.9. The monoisotopic (exact) mass is 386 g/mol. The van der Waals surface area contributed by atoms with Gasteiger partial charge in [0, 0.05) is 18.8 Å². The Morgan fingerprint density at radius 3 is 2.00 bits per heavy atom. The van der Waals surface area contributed by atoms with E-state index in [-0.39, 0.29) is 11.0 Å². The summed E-state index contributed by atoms with van der Waals surface area (Å²) in [6.45, 7) is 2.37. The predicted molar refractivity (Wildman–Crippen MR) is 105 cm³/mol. The number of rotatable bonds is 6. The number of ether oxygens (including phenoxy) is 1. The Labute approximate surface area is 162 Å². The molecule has 2 N–H and O–H groups in total. The van der Waals surface area contributed by atoms with Crippen LogP contribution in [0.4, 0.5) is 4.79 Å². The van der Waals surface area contributed by atoms with Crippen LogP contribution in [0.3, 0.4) is 0 Å². The molecule has 27 heavy (non-hydrogen) atoms. The molecule has 0 bridgehead atoms. The number of thioether (sulfide) groups is 1. The Bertz CT molecular complexity index is 725. The van der Waals surface area contributed by atoms with Crippen LogP contribution in [0.1, 0.15) is 11.1 Å². The Kier molecular flexibility index (Phi) is 6.49. The van der Waals surface area contributed by atoms with E-state index in [1.807, 2.05) is 36.4 Å². The van der Waals surface area contributed by atoms with Gasteiger partial charge < -0.3 is 9.84 Å². The zero-order chi connectivity index (χ0) is 19.1. The quantitative estimate of drug-likeness (QED) is 0.795. The number of carboxylic acid groups (broad SMARTS) is 1. The van der Waals surface area contributed by atoms with Crippen LogP contribution in [-0.2, 0) is 14.9 Å². The third kappa shape index (κ3) is 4.50. The maximum atomic E-state index is 12.5. The molecular weight excluding hydrogens is 364 g/mol. The zero-order valence-electron chi connectivity index (χ0n) is 14.8. The van der Waals surface area contributed by atoms with Crippen molar-refractivity contribution < 1.29 is 19.4 Å². The fraction of sp³-hybridized carbons (Fsp3) is 0.300. The molecule has 1 amide bonds. The van der Waals surface area contributed by atoms with E-state index in [4.69, 9.17) is 4.74 Å². The molecule has 0 unspecified atom stereocenters. The van der Waals surface area contributed by atoms with Crippen molar-refractivity contribution in [2.75, 3.05) is 32.1 Å². The van der Waals surface area contributed by atoms with E-state index in [0.29, 0.717) is 37.4 Å². The molecule has 1 saturated heterocycles. The van der Waals surface area contributed by atoms with Gasteiger partial charge in [0.25, 0.3) is 5.24 Å². The number of hydrazine groups is 1. The molecule has 2 aromatic carbocycles. The van der Waals surface area contributed by atoms with Gasteiger partial charge in [-0.3, -0.25) is 15.0 Å². The van der Waals surface area contributed by atoms with Gasteiger partial charge in [-0.25, -0.2) is 5.01 Å². The summed E-state index contributed by atoms with van der Waals surface area (Å²) in [6.07, 6.45) is 0. The van der Waals surface area contributed by atoms with E-state index < -0.39 is 11.4 Å². The SMILES string of the molecule is O=C(NN1CCOCC1)SCC(C(=O)O)(c1ccccc1)c1ccccc1. The lowest BCUT2D eigenvalue weighted by atomic mass is 9.76. The number of carboxylic acids is 1. The van der Waals surface area contributed by atoms with Gasteiger partial charge in [-0.15, -0.1) is 0 Å². The molecule has 0 atom stereocenters. The molecule has 2 aromatic rings. The average molecular weight is 386 g/mol. The third-order valence-corrected chi connectivity index (χ3v) is 5.51. The molecule has 0 spiro atoms. The van der Waals surface area contributed by atoms with E-state index >= 15 is 0 Å². The lowest BCUT2D eigenvalue weighted by molar-refractivity contribution is -0.141. The summed E-state index contributed by atoms with van der Waals surface area (Å²) in [7, 11) is 0. The van der Waals surface area contributed by atoms with Gasteiger partial charge in [0.15, 0.2) is 0 Å². The third-order valence-electron chi connectivity index (χ3n) is 4.58. The van der Waals surface area contributed by atoms with Crippen molar-refractivity contribution in [2.45, 2.75) is 5.41 Å². The highest BCUT2D eigenvalue weighted by molar-refractivity contribution is 8.13. The summed E-state index contributed by atoms with van der Waals surface area (Å²) in [5.74, 6) is -0.890. The molecule has 0 saturated carbocycles. The van der Waals surface area contributed by atoms with Crippen molar-refractivity contribution in [3.05, 3.63) is 71.8 Å². The summed E-state index contributed by atoms with van der Waals surface area (Å²) >= 11 is 0.982. The first-order chi connectivity index (χ1) is 13.1. The minimum atomic E-state index is -1.31. The van der Waals surface area contributed by atoms with Crippen molar-refractivity contribution >= 4 is 23.0 Å². The number of hydrogen-bond donors (Lipinski definition) is 2. The average Bonchev–Trinajstić information content (AvgIpc) is 2.71. The Morgan fingerprint density at radius 2 is 1.52 bits per heavy atom. The molecule has 0 aliphatic carbocycles. The summed E-state index contributed by atoms with van der Waals surface area (Å²) < 4.78 is 5.27. The molecule has 1 aliphatic heterocycles. The first-order valence-corrected chi connectivity index (χ1v) is 9.72. The van der Waals surface area contributed by atoms with Crippen molar-refractivity contribution in [1.29, 1.82) is 0 Å². The number of nitrogens with zero attached hydrogens (tertiary/aromatic N) is 1. The highest BCUT2D eigenvalue weighted by atomic mass is 32.2. The number of carbonyl (C=O) groups excluding carboxylic acids is 1. The fourth-order valence-electron chi connectivity index (χ4n) is 3.10. The molecule has 0 aromatic heterocycles. The lowest BCUT2D eigenvalue weighted by Gasteiger charge is -2.31. The minimum absolute atomic E-state index is 0.0898. The molecule has 142 valence electrons. The first-order valence-electron chi connectivity index (χ1n) is 8.73. The van der Waals surface area contributed by atoms with Crippen LogP contribution in [0.5, 0.6) is 0 Å². The molecule has 1 fully saturated rings. The number of carbonyl (C=O) groups is 2. The summed E-state index contributed by atoms with van der Waals surface area (Å²) in [5, 5.41) is 11.7. The second-order valence-corrected chi connectivity index (χ2v) is 7.18. The second kappa shape index (κ2) is 9.03. The van der Waals surface area contributed by atoms with E-state index in [9.17, 15) is 14.7 Å². The van der Waals surface area contributed by atoms with Crippen molar-refractivity contribution in [3.63, 3.8) is 0 Å². The Hall–Kier alpha value is -2.35. The number of nitrogens with one attached hydrogen (secondary N) is 1. The lowest BCUT2D eigenvalue weighted by Crippen LogP contribution is -2.48. The van der Waals surface area contributed by atoms with Gasteiger partial charge in [-0.1, -0.05) is 72.4 Å². The van der Waals surface area contributed by atoms with Gasteiger partial charge in [0.2, 0.25) is 0 Å².